The number of nitrogens with one attached hydrogen (secondary N) is 1. The molecule has 0 aliphatic carbocycles. The Hall–Kier alpha value is -2.85. The number of fused-ring (bicyclic) bond motifs is 1. The standard InChI is InChI=1S/C18H23N9O/c19-17-21-9-12(10-22-17)15-14-11-23-27(13-1-3-20-4-2-13)16(14)25-18(24-15)26-5-7-28-8-6-26/h9-11,13,20H,1-8H2,(H2,19,21,22). The molecule has 2 aliphatic rings. The Kier molecular flexibility index (Phi) is 4.49. The lowest BCUT2D eigenvalue weighted by atomic mass is 10.1. The summed E-state index contributed by atoms with van der Waals surface area (Å²) in [6.07, 6.45) is 7.33. The molecule has 0 saturated carbocycles. The van der Waals surface area contributed by atoms with Crippen LogP contribution in [0.15, 0.2) is 18.6 Å². The van der Waals surface area contributed by atoms with Gasteiger partial charge < -0.3 is 20.7 Å². The van der Waals surface area contributed by atoms with Crippen molar-refractivity contribution >= 4 is 22.9 Å². The zero-order chi connectivity index (χ0) is 18.9. The van der Waals surface area contributed by atoms with Gasteiger partial charge in [-0.15, -0.1) is 0 Å². The van der Waals surface area contributed by atoms with E-state index in [-0.39, 0.29) is 5.95 Å². The van der Waals surface area contributed by atoms with Gasteiger partial charge >= 0.3 is 0 Å². The van der Waals surface area contributed by atoms with Crippen molar-refractivity contribution in [3.05, 3.63) is 18.6 Å². The molecule has 5 rings (SSSR count). The van der Waals surface area contributed by atoms with Gasteiger partial charge in [-0.1, -0.05) is 0 Å². The monoisotopic (exact) mass is 381 g/mol. The molecule has 3 aromatic rings. The predicted molar refractivity (Wildman–Crippen MR) is 105 cm³/mol. The van der Waals surface area contributed by atoms with Crippen molar-refractivity contribution in [2.75, 3.05) is 50.0 Å². The first kappa shape index (κ1) is 17.3. The molecule has 0 unspecified atom stereocenters. The minimum Gasteiger partial charge on any atom is -0.378 e. The van der Waals surface area contributed by atoms with Crippen molar-refractivity contribution < 1.29 is 4.74 Å². The first-order valence-corrected chi connectivity index (χ1v) is 9.66. The van der Waals surface area contributed by atoms with E-state index in [2.05, 4.69) is 30.0 Å². The number of hydrogen-bond donors (Lipinski definition) is 2. The Morgan fingerprint density at radius 1 is 1.04 bits per heavy atom. The number of nitrogen functional groups attached to an aromatic ring is 1. The second-order valence-corrected chi connectivity index (χ2v) is 7.11. The van der Waals surface area contributed by atoms with Crippen LogP contribution in [0.1, 0.15) is 18.9 Å². The van der Waals surface area contributed by atoms with Crippen LogP contribution in [-0.2, 0) is 4.74 Å². The number of morpholine rings is 1. The third-order valence-electron chi connectivity index (χ3n) is 5.34. The van der Waals surface area contributed by atoms with E-state index in [1.54, 1.807) is 12.4 Å². The van der Waals surface area contributed by atoms with Gasteiger partial charge in [0, 0.05) is 31.0 Å². The lowest BCUT2D eigenvalue weighted by Crippen LogP contribution is -2.37. The highest BCUT2D eigenvalue weighted by atomic mass is 16.5. The summed E-state index contributed by atoms with van der Waals surface area (Å²) in [5.74, 6) is 0.936. The zero-order valence-corrected chi connectivity index (χ0v) is 15.6. The van der Waals surface area contributed by atoms with Crippen molar-refractivity contribution in [1.29, 1.82) is 0 Å². The molecule has 3 N–H and O–H groups in total. The fraction of sp³-hybridized carbons (Fsp3) is 0.500. The van der Waals surface area contributed by atoms with Crippen LogP contribution in [0.3, 0.4) is 0 Å². The number of piperidine rings is 1. The fourth-order valence-corrected chi connectivity index (χ4v) is 3.82. The molecule has 0 spiro atoms. The Labute approximate surface area is 162 Å². The molecule has 2 saturated heterocycles. The summed E-state index contributed by atoms with van der Waals surface area (Å²) in [6, 6.07) is 0.335. The zero-order valence-electron chi connectivity index (χ0n) is 15.6. The van der Waals surface area contributed by atoms with E-state index in [1.165, 1.54) is 0 Å². The Balaban J connectivity index is 1.65. The molecule has 5 heterocycles. The van der Waals surface area contributed by atoms with E-state index in [4.69, 9.17) is 20.4 Å². The van der Waals surface area contributed by atoms with E-state index < -0.39 is 0 Å². The normalized spacial score (nSPS) is 18.6. The summed E-state index contributed by atoms with van der Waals surface area (Å²) in [5, 5.41) is 9.00. The molecule has 0 radical (unpaired) electrons. The number of anilines is 2. The van der Waals surface area contributed by atoms with Crippen LogP contribution in [0.2, 0.25) is 0 Å². The summed E-state index contributed by atoms with van der Waals surface area (Å²) in [7, 11) is 0. The van der Waals surface area contributed by atoms with Crippen LogP contribution in [0.4, 0.5) is 11.9 Å². The van der Waals surface area contributed by atoms with Crippen molar-refractivity contribution in [3.8, 4) is 11.3 Å². The largest absolute Gasteiger partial charge is 0.378 e. The summed E-state index contributed by atoms with van der Waals surface area (Å²) in [6.45, 7) is 4.87. The van der Waals surface area contributed by atoms with Gasteiger partial charge in [0.15, 0.2) is 5.65 Å². The molecular formula is C18H23N9O. The minimum atomic E-state index is 0.243. The maximum atomic E-state index is 5.67. The quantitative estimate of drug-likeness (QED) is 0.673. The van der Waals surface area contributed by atoms with Gasteiger partial charge in [0.1, 0.15) is 0 Å². The Bertz CT molecular complexity index is 959. The van der Waals surface area contributed by atoms with Crippen LogP contribution >= 0.6 is 0 Å². The molecule has 2 aliphatic heterocycles. The third-order valence-corrected chi connectivity index (χ3v) is 5.34. The van der Waals surface area contributed by atoms with Gasteiger partial charge in [0.05, 0.1) is 36.5 Å². The third kappa shape index (κ3) is 3.14. The van der Waals surface area contributed by atoms with Crippen LogP contribution in [0.5, 0.6) is 0 Å². The van der Waals surface area contributed by atoms with Gasteiger partial charge in [-0.05, 0) is 25.9 Å². The maximum absolute atomic E-state index is 5.67. The average molecular weight is 381 g/mol. The second-order valence-electron chi connectivity index (χ2n) is 7.11. The van der Waals surface area contributed by atoms with E-state index in [0.29, 0.717) is 25.2 Å². The average Bonchev–Trinajstić information content (AvgIpc) is 3.19. The molecule has 28 heavy (non-hydrogen) atoms. The molecule has 10 nitrogen and oxygen atoms in total. The van der Waals surface area contributed by atoms with Gasteiger partial charge in [-0.25, -0.2) is 19.6 Å². The topological polar surface area (TPSA) is 120 Å². The number of hydrogen-bond acceptors (Lipinski definition) is 9. The van der Waals surface area contributed by atoms with Crippen molar-refractivity contribution in [2.45, 2.75) is 18.9 Å². The van der Waals surface area contributed by atoms with Crippen molar-refractivity contribution in [1.82, 2.24) is 35.0 Å². The summed E-state index contributed by atoms with van der Waals surface area (Å²) in [4.78, 5) is 20.2. The van der Waals surface area contributed by atoms with Gasteiger partial charge in [-0.2, -0.15) is 10.1 Å². The Morgan fingerprint density at radius 3 is 2.54 bits per heavy atom. The molecule has 3 aromatic heterocycles. The Morgan fingerprint density at radius 2 is 1.79 bits per heavy atom. The smallest absolute Gasteiger partial charge is 0.228 e. The molecule has 0 aromatic carbocycles. The number of rotatable bonds is 3. The summed E-state index contributed by atoms with van der Waals surface area (Å²) >= 11 is 0. The molecule has 146 valence electrons. The van der Waals surface area contributed by atoms with Gasteiger partial charge in [-0.3, -0.25) is 0 Å². The number of ether oxygens (including phenoxy) is 1. The minimum absolute atomic E-state index is 0.243. The van der Waals surface area contributed by atoms with E-state index in [0.717, 1.165) is 61.3 Å². The fourth-order valence-electron chi connectivity index (χ4n) is 3.82. The van der Waals surface area contributed by atoms with Crippen LogP contribution in [-0.4, -0.2) is 69.1 Å². The first-order chi connectivity index (χ1) is 13.8. The first-order valence-electron chi connectivity index (χ1n) is 9.66. The predicted octanol–water partition coefficient (Wildman–Crippen LogP) is 0.627. The SMILES string of the molecule is Nc1ncc(-c2nc(N3CCOCC3)nc3c2cnn3C2CCNCC2)cn1. The van der Waals surface area contributed by atoms with Crippen LogP contribution in [0, 0.1) is 0 Å². The highest BCUT2D eigenvalue weighted by Gasteiger charge is 2.23. The molecule has 0 atom stereocenters. The summed E-state index contributed by atoms with van der Waals surface area (Å²) < 4.78 is 7.54. The van der Waals surface area contributed by atoms with E-state index >= 15 is 0 Å². The molecule has 0 amide bonds. The van der Waals surface area contributed by atoms with E-state index in [9.17, 15) is 0 Å². The van der Waals surface area contributed by atoms with Crippen LogP contribution < -0.4 is 16.0 Å². The highest BCUT2D eigenvalue weighted by molar-refractivity contribution is 5.91. The lowest BCUT2D eigenvalue weighted by molar-refractivity contribution is 0.122. The van der Waals surface area contributed by atoms with Crippen molar-refractivity contribution in [2.24, 2.45) is 0 Å². The molecule has 0 bridgehead atoms. The van der Waals surface area contributed by atoms with Crippen LogP contribution in [0.25, 0.3) is 22.3 Å². The number of nitrogens with two attached hydrogens (primary N) is 1. The highest BCUT2D eigenvalue weighted by Crippen LogP contribution is 2.31. The van der Waals surface area contributed by atoms with Gasteiger partial charge in [0.25, 0.3) is 0 Å². The van der Waals surface area contributed by atoms with Gasteiger partial charge in [0.2, 0.25) is 11.9 Å². The molecule has 10 heteroatoms. The molecular weight excluding hydrogens is 358 g/mol. The second kappa shape index (κ2) is 7.28. The van der Waals surface area contributed by atoms with E-state index in [1.807, 2.05) is 6.20 Å². The number of aromatic nitrogens is 6. The lowest BCUT2D eigenvalue weighted by Gasteiger charge is -2.27. The van der Waals surface area contributed by atoms with Crippen molar-refractivity contribution in [3.63, 3.8) is 0 Å². The maximum Gasteiger partial charge on any atom is 0.228 e. The molecule has 2 fully saturated rings. The number of nitrogens with zero attached hydrogens (tertiary/aromatic N) is 7. The summed E-state index contributed by atoms with van der Waals surface area (Å²) in [5.41, 5.74) is 8.11.